The molecule has 1 aliphatic heterocycles. The Labute approximate surface area is 195 Å². The predicted octanol–water partition coefficient (Wildman–Crippen LogP) is 2.50. The van der Waals surface area contributed by atoms with Gasteiger partial charge >= 0.3 is 12.1 Å². The quantitative estimate of drug-likeness (QED) is 0.554. The van der Waals surface area contributed by atoms with Crippen molar-refractivity contribution in [2.24, 2.45) is 0 Å². The number of hydrogen-bond acceptors (Lipinski definition) is 7. The van der Waals surface area contributed by atoms with E-state index in [4.69, 9.17) is 16.3 Å². The van der Waals surface area contributed by atoms with E-state index >= 15 is 0 Å². The van der Waals surface area contributed by atoms with Gasteiger partial charge in [0.1, 0.15) is 5.82 Å². The first-order chi connectivity index (χ1) is 16.1. The number of pyridine rings is 1. The van der Waals surface area contributed by atoms with Crippen molar-refractivity contribution in [1.82, 2.24) is 20.1 Å². The molecule has 3 aromatic rings. The van der Waals surface area contributed by atoms with Crippen molar-refractivity contribution in [3.63, 3.8) is 0 Å². The molecule has 1 amide bonds. The van der Waals surface area contributed by atoms with Gasteiger partial charge in [-0.05, 0) is 12.1 Å². The van der Waals surface area contributed by atoms with E-state index in [0.29, 0.717) is 11.6 Å². The van der Waals surface area contributed by atoms with Gasteiger partial charge in [0, 0.05) is 37.8 Å². The number of H-pyrrole nitrogens is 1. The van der Waals surface area contributed by atoms with Crippen LogP contribution in [-0.4, -0.2) is 64.7 Å². The zero-order valence-electron chi connectivity index (χ0n) is 17.4. The molecule has 3 heterocycles. The molecule has 1 aromatic carbocycles. The fourth-order valence-electron chi connectivity index (χ4n) is 3.54. The zero-order valence-corrected chi connectivity index (χ0v) is 18.2. The highest BCUT2D eigenvalue weighted by atomic mass is 35.5. The number of ether oxygens (including phenoxy) is 1. The number of aromatic amines is 1. The van der Waals surface area contributed by atoms with Crippen molar-refractivity contribution in [1.29, 1.82) is 0 Å². The zero-order chi connectivity index (χ0) is 24.5. The number of fused-ring (bicyclic) bond motifs is 1. The Balaban J connectivity index is 1.35. The number of nitrogens with one attached hydrogen (secondary N) is 1. The van der Waals surface area contributed by atoms with E-state index in [1.54, 1.807) is 23.1 Å². The number of piperazine rings is 1. The Hall–Kier alpha value is -3.67. The molecule has 0 saturated carbocycles. The van der Waals surface area contributed by atoms with Crippen LogP contribution in [0.2, 0.25) is 5.02 Å². The van der Waals surface area contributed by atoms with Gasteiger partial charge in [0.15, 0.2) is 12.3 Å². The van der Waals surface area contributed by atoms with Crippen LogP contribution in [0, 0.1) is 0 Å². The van der Waals surface area contributed by atoms with Gasteiger partial charge in [-0.3, -0.25) is 9.59 Å². The summed E-state index contributed by atoms with van der Waals surface area (Å²) < 4.78 is 43.5. The van der Waals surface area contributed by atoms with Crippen molar-refractivity contribution in [3.05, 3.63) is 63.2 Å². The SMILES string of the molecule is O=C(OCC(=O)N1CCN(c2ncc(C(F)(F)F)cc2Cl)CC1)c1n[nH]c(=O)c2ccccc12. The first-order valence-electron chi connectivity index (χ1n) is 10.0. The number of nitrogens with zero attached hydrogens (tertiary/aromatic N) is 4. The minimum Gasteiger partial charge on any atom is -0.451 e. The lowest BCUT2D eigenvalue weighted by molar-refractivity contribution is -0.138. The van der Waals surface area contributed by atoms with Gasteiger partial charge in [-0.1, -0.05) is 29.8 Å². The van der Waals surface area contributed by atoms with Gasteiger partial charge in [-0.2, -0.15) is 18.3 Å². The molecule has 0 unspecified atom stereocenters. The number of aromatic nitrogens is 3. The van der Waals surface area contributed by atoms with Gasteiger partial charge < -0.3 is 14.5 Å². The molecule has 4 rings (SSSR count). The van der Waals surface area contributed by atoms with Gasteiger partial charge in [0.2, 0.25) is 0 Å². The van der Waals surface area contributed by atoms with E-state index in [2.05, 4.69) is 15.2 Å². The molecule has 178 valence electrons. The molecule has 2 aromatic heterocycles. The smallest absolute Gasteiger partial charge is 0.417 e. The molecule has 1 aliphatic rings. The molecule has 1 fully saturated rings. The summed E-state index contributed by atoms with van der Waals surface area (Å²) in [6, 6.07) is 7.19. The molecule has 1 saturated heterocycles. The first-order valence-corrected chi connectivity index (χ1v) is 10.4. The number of carbonyl (C=O) groups is 2. The molecule has 0 spiro atoms. The van der Waals surface area contributed by atoms with E-state index in [1.807, 2.05) is 0 Å². The van der Waals surface area contributed by atoms with Crippen LogP contribution in [0.1, 0.15) is 16.1 Å². The second-order valence-corrected chi connectivity index (χ2v) is 7.83. The standard InChI is InChI=1S/C21H17ClF3N5O4/c22-15-9-12(21(23,24)25)10-26-18(15)30-7-5-29(6-8-30)16(31)11-34-20(33)17-13-3-1-2-4-14(13)19(32)28-27-17/h1-4,9-10H,5-8,11H2,(H,28,32). The lowest BCUT2D eigenvalue weighted by Gasteiger charge is -2.35. The Morgan fingerprint density at radius 3 is 2.44 bits per heavy atom. The van der Waals surface area contributed by atoms with Crippen LogP contribution >= 0.6 is 11.6 Å². The number of anilines is 1. The monoisotopic (exact) mass is 495 g/mol. The average Bonchev–Trinajstić information content (AvgIpc) is 2.82. The average molecular weight is 496 g/mol. The summed E-state index contributed by atoms with van der Waals surface area (Å²) in [5.74, 6) is -1.11. The molecule has 0 atom stereocenters. The Morgan fingerprint density at radius 2 is 1.79 bits per heavy atom. The maximum atomic E-state index is 12.8. The largest absolute Gasteiger partial charge is 0.451 e. The van der Waals surface area contributed by atoms with Crippen LogP contribution in [0.4, 0.5) is 19.0 Å². The topological polar surface area (TPSA) is 108 Å². The summed E-state index contributed by atoms with van der Waals surface area (Å²) in [5, 5.41) is 6.40. The van der Waals surface area contributed by atoms with Gasteiger partial charge in [-0.15, -0.1) is 0 Å². The number of benzene rings is 1. The molecule has 34 heavy (non-hydrogen) atoms. The predicted molar refractivity (Wildman–Crippen MR) is 116 cm³/mol. The maximum absolute atomic E-state index is 12.8. The number of hydrogen-bond donors (Lipinski definition) is 1. The molecule has 13 heteroatoms. The highest BCUT2D eigenvalue weighted by Crippen LogP contribution is 2.33. The van der Waals surface area contributed by atoms with Crippen LogP contribution in [-0.2, 0) is 15.7 Å². The third-order valence-electron chi connectivity index (χ3n) is 5.30. The number of halogens is 4. The van der Waals surface area contributed by atoms with E-state index in [1.165, 1.54) is 11.0 Å². The molecule has 9 nitrogen and oxygen atoms in total. The summed E-state index contributed by atoms with van der Waals surface area (Å²) in [4.78, 5) is 43.7. The van der Waals surface area contributed by atoms with Crippen molar-refractivity contribution in [2.75, 3.05) is 37.7 Å². The second kappa shape index (κ2) is 9.29. The minimum absolute atomic E-state index is 0.115. The van der Waals surface area contributed by atoms with Crippen LogP contribution in [0.25, 0.3) is 10.8 Å². The highest BCUT2D eigenvalue weighted by molar-refractivity contribution is 6.33. The summed E-state index contributed by atoms with van der Waals surface area (Å²) in [5.41, 5.74) is -1.51. The van der Waals surface area contributed by atoms with Crippen LogP contribution in [0.5, 0.6) is 0 Å². The summed E-state index contributed by atoms with van der Waals surface area (Å²) in [7, 11) is 0. The minimum atomic E-state index is -4.55. The molecular weight excluding hydrogens is 479 g/mol. The lowest BCUT2D eigenvalue weighted by atomic mass is 10.1. The van der Waals surface area contributed by atoms with Crippen molar-refractivity contribution in [3.8, 4) is 0 Å². The van der Waals surface area contributed by atoms with E-state index in [0.717, 1.165) is 6.07 Å². The third-order valence-corrected chi connectivity index (χ3v) is 5.58. The number of rotatable bonds is 4. The summed E-state index contributed by atoms with van der Waals surface area (Å²) >= 11 is 5.99. The number of carbonyl (C=O) groups excluding carboxylic acids is 2. The molecule has 0 radical (unpaired) electrons. The van der Waals surface area contributed by atoms with Crippen molar-refractivity contribution in [2.45, 2.75) is 6.18 Å². The maximum Gasteiger partial charge on any atom is 0.417 e. The molecule has 0 bridgehead atoms. The van der Waals surface area contributed by atoms with Crippen molar-refractivity contribution >= 4 is 40.1 Å². The summed E-state index contributed by atoms with van der Waals surface area (Å²) in [6.45, 7) is 0.492. The first kappa shape index (κ1) is 23.5. The molecular formula is C21H17ClF3N5O4. The lowest BCUT2D eigenvalue weighted by Crippen LogP contribution is -2.50. The highest BCUT2D eigenvalue weighted by Gasteiger charge is 2.32. The van der Waals surface area contributed by atoms with E-state index in [9.17, 15) is 27.6 Å². The van der Waals surface area contributed by atoms with Gasteiger partial charge in [0.05, 0.1) is 16.0 Å². The normalized spacial score (nSPS) is 14.4. The van der Waals surface area contributed by atoms with Crippen LogP contribution in [0.15, 0.2) is 41.3 Å². The third kappa shape index (κ3) is 4.81. The number of alkyl halides is 3. The Kier molecular flexibility index (Phi) is 6.42. The Bertz CT molecular complexity index is 1310. The summed E-state index contributed by atoms with van der Waals surface area (Å²) in [6.07, 6.45) is -3.83. The number of amides is 1. The number of esters is 1. The van der Waals surface area contributed by atoms with E-state index in [-0.39, 0.29) is 48.1 Å². The van der Waals surface area contributed by atoms with Gasteiger partial charge in [-0.25, -0.2) is 14.9 Å². The fraction of sp³-hybridized carbons (Fsp3) is 0.286. The molecule has 1 N–H and O–H groups in total. The van der Waals surface area contributed by atoms with Gasteiger partial charge in [0.25, 0.3) is 11.5 Å². The van der Waals surface area contributed by atoms with E-state index < -0.39 is 35.8 Å². The van der Waals surface area contributed by atoms with Crippen LogP contribution < -0.4 is 10.5 Å². The second-order valence-electron chi connectivity index (χ2n) is 7.42. The molecule has 0 aliphatic carbocycles. The van der Waals surface area contributed by atoms with Crippen molar-refractivity contribution < 1.29 is 27.5 Å². The van der Waals surface area contributed by atoms with Crippen LogP contribution in [0.3, 0.4) is 0 Å². The Morgan fingerprint density at radius 1 is 1.12 bits per heavy atom. The fourth-order valence-corrected chi connectivity index (χ4v) is 3.83.